The van der Waals surface area contributed by atoms with Crippen molar-refractivity contribution in [1.82, 2.24) is 25.9 Å². The molecule has 0 fully saturated rings. The van der Waals surface area contributed by atoms with Gasteiger partial charge in [-0.05, 0) is 54.8 Å². The molecular weight excluding hydrogens is 372 g/mol. The van der Waals surface area contributed by atoms with E-state index in [1.165, 1.54) is 11.1 Å². The second-order valence-corrected chi connectivity index (χ2v) is 7.16. The number of rotatable bonds is 5. The Bertz CT molecular complexity index is 1010. The highest BCUT2D eigenvalue weighted by molar-refractivity contribution is 7.80. The number of hydrogen-bond donors (Lipinski definition) is 3. The number of aromatic nitrogens is 2. The summed E-state index contributed by atoms with van der Waals surface area (Å²) in [6.45, 7) is 4.77. The van der Waals surface area contributed by atoms with Crippen LogP contribution in [0.25, 0.3) is 5.69 Å². The number of aryl methyl sites for hydroxylation is 2. The van der Waals surface area contributed by atoms with Crippen LogP contribution in [-0.4, -0.2) is 27.7 Å². The van der Waals surface area contributed by atoms with Gasteiger partial charge in [0.2, 0.25) is 0 Å². The summed E-state index contributed by atoms with van der Waals surface area (Å²) in [5, 5.41) is 11.6. The smallest absolute Gasteiger partial charge is 0.177 e. The summed E-state index contributed by atoms with van der Waals surface area (Å²) in [6, 6.07) is 14.2. The van der Waals surface area contributed by atoms with Gasteiger partial charge in [0.1, 0.15) is 10.8 Å². The van der Waals surface area contributed by atoms with Crippen LogP contribution in [0.5, 0.6) is 5.75 Å². The molecule has 0 amide bonds. The summed E-state index contributed by atoms with van der Waals surface area (Å²) in [6.07, 6.45) is 1.79. The minimum Gasteiger partial charge on any atom is -0.497 e. The lowest BCUT2D eigenvalue weighted by Crippen LogP contribution is -2.40. The van der Waals surface area contributed by atoms with Gasteiger partial charge in [-0.2, -0.15) is 5.10 Å². The van der Waals surface area contributed by atoms with E-state index in [2.05, 4.69) is 53.3 Å². The average Bonchev–Trinajstić information content (AvgIpc) is 3.27. The zero-order valence-corrected chi connectivity index (χ0v) is 16.9. The summed E-state index contributed by atoms with van der Waals surface area (Å²) < 4.78 is 7.04. The molecule has 0 saturated heterocycles. The van der Waals surface area contributed by atoms with Crippen LogP contribution in [0.1, 0.15) is 22.3 Å². The maximum absolute atomic E-state index is 5.22. The van der Waals surface area contributed by atoms with Crippen molar-refractivity contribution in [3.8, 4) is 11.4 Å². The van der Waals surface area contributed by atoms with Crippen LogP contribution in [0.4, 0.5) is 0 Å². The first-order valence-corrected chi connectivity index (χ1v) is 9.34. The van der Waals surface area contributed by atoms with Gasteiger partial charge >= 0.3 is 0 Å². The molecule has 0 saturated carbocycles. The SMILES string of the molecule is COc1ccc(CN2NNN=C2c2cnn(-c3cc(C)cc(C)c3)c2S)cc1. The predicted molar refractivity (Wildman–Crippen MR) is 112 cm³/mol. The number of hydrogen-bond acceptors (Lipinski definition) is 7. The van der Waals surface area contributed by atoms with E-state index >= 15 is 0 Å². The van der Waals surface area contributed by atoms with Gasteiger partial charge in [0, 0.05) is 0 Å². The van der Waals surface area contributed by atoms with Crippen molar-refractivity contribution >= 4 is 18.5 Å². The third-order valence-electron chi connectivity index (χ3n) is 4.54. The molecule has 0 bridgehead atoms. The van der Waals surface area contributed by atoms with Gasteiger partial charge in [-0.3, -0.25) is 5.01 Å². The first-order chi connectivity index (χ1) is 13.5. The number of ether oxygens (including phenoxy) is 1. The quantitative estimate of drug-likeness (QED) is 0.581. The van der Waals surface area contributed by atoms with Crippen molar-refractivity contribution < 1.29 is 4.74 Å². The van der Waals surface area contributed by atoms with Crippen molar-refractivity contribution in [3.05, 3.63) is 70.9 Å². The number of hydrazine groups is 2. The first kappa shape index (κ1) is 18.4. The summed E-state index contributed by atoms with van der Waals surface area (Å²) in [5.41, 5.74) is 11.2. The second-order valence-electron chi connectivity index (χ2n) is 6.73. The third kappa shape index (κ3) is 3.56. The van der Waals surface area contributed by atoms with Gasteiger partial charge in [0.15, 0.2) is 5.84 Å². The number of methoxy groups -OCH3 is 1. The third-order valence-corrected chi connectivity index (χ3v) is 4.97. The molecule has 0 aliphatic carbocycles. The molecule has 144 valence electrons. The number of amidine groups is 1. The van der Waals surface area contributed by atoms with E-state index in [1.54, 1.807) is 13.3 Å². The predicted octanol–water partition coefficient (Wildman–Crippen LogP) is 2.97. The van der Waals surface area contributed by atoms with E-state index in [0.717, 1.165) is 33.4 Å². The molecule has 0 atom stereocenters. The largest absolute Gasteiger partial charge is 0.497 e. The van der Waals surface area contributed by atoms with E-state index in [9.17, 15) is 0 Å². The lowest BCUT2D eigenvalue weighted by Gasteiger charge is -2.19. The number of nitrogens with zero attached hydrogens (tertiary/aromatic N) is 4. The van der Waals surface area contributed by atoms with Crippen LogP contribution in [0, 0.1) is 13.8 Å². The molecule has 1 aromatic heterocycles. The Morgan fingerprint density at radius 2 is 1.79 bits per heavy atom. The normalized spacial score (nSPS) is 13.4. The van der Waals surface area contributed by atoms with Crippen molar-refractivity contribution in [2.24, 2.45) is 5.10 Å². The van der Waals surface area contributed by atoms with Gasteiger partial charge in [0.05, 0.1) is 31.1 Å². The summed E-state index contributed by atoms with van der Waals surface area (Å²) in [5.74, 6) is 1.56. The van der Waals surface area contributed by atoms with E-state index < -0.39 is 0 Å². The zero-order chi connectivity index (χ0) is 19.7. The highest BCUT2D eigenvalue weighted by atomic mass is 32.1. The zero-order valence-electron chi connectivity index (χ0n) is 16.0. The number of thiol groups is 1. The molecule has 4 rings (SSSR count). The fourth-order valence-electron chi connectivity index (χ4n) is 3.25. The van der Waals surface area contributed by atoms with Crippen LogP contribution in [0.2, 0.25) is 0 Å². The first-order valence-electron chi connectivity index (χ1n) is 8.90. The molecule has 28 heavy (non-hydrogen) atoms. The molecule has 7 nitrogen and oxygen atoms in total. The average molecular weight is 395 g/mol. The highest BCUT2D eigenvalue weighted by Gasteiger charge is 2.24. The van der Waals surface area contributed by atoms with Crippen molar-refractivity contribution in [2.45, 2.75) is 25.4 Å². The van der Waals surface area contributed by atoms with E-state index in [4.69, 9.17) is 17.4 Å². The lowest BCUT2D eigenvalue weighted by atomic mass is 10.1. The minimum atomic E-state index is 0.623. The summed E-state index contributed by atoms with van der Waals surface area (Å²) >= 11 is 4.73. The molecule has 3 aromatic rings. The van der Waals surface area contributed by atoms with Crippen LogP contribution < -0.4 is 15.8 Å². The van der Waals surface area contributed by atoms with Crippen LogP contribution >= 0.6 is 12.6 Å². The number of benzene rings is 2. The summed E-state index contributed by atoms with van der Waals surface area (Å²) in [7, 11) is 1.66. The van der Waals surface area contributed by atoms with Crippen molar-refractivity contribution in [3.63, 3.8) is 0 Å². The molecule has 1 aliphatic heterocycles. The minimum absolute atomic E-state index is 0.623. The highest BCUT2D eigenvalue weighted by Crippen LogP contribution is 2.23. The van der Waals surface area contributed by atoms with E-state index in [0.29, 0.717) is 6.54 Å². The van der Waals surface area contributed by atoms with Gasteiger partial charge in [-0.1, -0.05) is 18.2 Å². The molecule has 1 aliphatic rings. The number of nitrogens with one attached hydrogen (secondary N) is 2. The molecule has 2 aromatic carbocycles. The Morgan fingerprint density at radius 1 is 1.07 bits per heavy atom. The van der Waals surface area contributed by atoms with Crippen LogP contribution in [-0.2, 0) is 6.54 Å². The Morgan fingerprint density at radius 3 is 2.46 bits per heavy atom. The van der Waals surface area contributed by atoms with E-state index in [1.807, 2.05) is 34.0 Å². The van der Waals surface area contributed by atoms with Gasteiger partial charge in [-0.25, -0.2) is 10.2 Å². The molecule has 2 N–H and O–H groups in total. The molecule has 0 radical (unpaired) electrons. The van der Waals surface area contributed by atoms with Crippen LogP contribution in [0.3, 0.4) is 0 Å². The maximum atomic E-state index is 5.22. The standard InChI is InChI=1S/C20H22N6OS/c1-13-8-14(2)10-16(9-13)26-20(28)18(11-21-26)19-22-23-24-25(19)12-15-4-6-17(27-3)7-5-15/h4-11,23-24,28H,12H2,1-3H3. The van der Waals surface area contributed by atoms with E-state index in [-0.39, 0.29) is 0 Å². The number of hydrazone groups is 1. The Balaban J connectivity index is 1.60. The Labute approximate surface area is 169 Å². The van der Waals surface area contributed by atoms with Crippen molar-refractivity contribution in [1.29, 1.82) is 0 Å². The summed E-state index contributed by atoms with van der Waals surface area (Å²) in [4.78, 5) is 0. The molecule has 0 spiro atoms. The Kier molecular flexibility index (Phi) is 4.97. The van der Waals surface area contributed by atoms with Crippen molar-refractivity contribution in [2.75, 3.05) is 7.11 Å². The lowest BCUT2D eigenvalue weighted by molar-refractivity contribution is 0.287. The maximum Gasteiger partial charge on any atom is 0.177 e. The van der Waals surface area contributed by atoms with Gasteiger partial charge in [0.25, 0.3) is 0 Å². The molecule has 8 heteroatoms. The monoisotopic (exact) mass is 394 g/mol. The van der Waals surface area contributed by atoms with Crippen LogP contribution in [0.15, 0.2) is 58.8 Å². The second kappa shape index (κ2) is 7.57. The Hall–Kier alpha value is -2.97. The topological polar surface area (TPSA) is 66.7 Å². The van der Waals surface area contributed by atoms with Gasteiger partial charge < -0.3 is 4.74 Å². The van der Waals surface area contributed by atoms with Gasteiger partial charge in [-0.15, -0.1) is 23.3 Å². The molecular formula is C20H22N6OS. The molecule has 2 heterocycles. The fraction of sp³-hybridized carbons (Fsp3) is 0.200. The fourth-order valence-corrected chi connectivity index (χ4v) is 3.57. The molecule has 0 unspecified atom stereocenters.